The first-order valence-electron chi connectivity index (χ1n) is 6.09. The summed E-state index contributed by atoms with van der Waals surface area (Å²) in [6.45, 7) is 1.99. The van der Waals surface area contributed by atoms with Crippen LogP contribution in [0.5, 0.6) is 0 Å². The van der Waals surface area contributed by atoms with Crippen molar-refractivity contribution in [3.63, 3.8) is 0 Å². The number of benzene rings is 2. The molecule has 7 heteroatoms. The smallest absolute Gasteiger partial charge is 0.264 e. The minimum absolute atomic E-state index is 0.157. The van der Waals surface area contributed by atoms with Gasteiger partial charge in [-0.15, -0.1) is 0 Å². The van der Waals surface area contributed by atoms with E-state index in [1.165, 1.54) is 28.6 Å². The number of sulfonamides is 1. The van der Waals surface area contributed by atoms with Crippen molar-refractivity contribution in [1.29, 1.82) is 0 Å². The van der Waals surface area contributed by atoms with E-state index in [-0.39, 0.29) is 11.4 Å². The standard InChI is InChI=1S/C14H12Cl3NO2S/c1-2-18(13-8-11(16)7-12(17)9-13)21(19,20)14-5-3-10(15)4-6-14/h3-9H,2H2,1H3. The van der Waals surface area contributed by atoms with Crippen molar-refractivity contribution in [2.75, 3.05) is 10.8 Å². The van der Waals surface area contributed by atoms with E-state index in [0.717, 1.165) is 0 Å². The normalized spacial score (nSPS) is 11.4. The zero-order valence-electron chi connectivity index (χ0n) is 11.1. The second-order valence-electron chi connectivity index (χ2n) is 4.25. The van der Waals surface area contributed by atoms with Crippen molar-refractivity contribution in [2.24, 2.45) is 0 Å². The molecule has 2 rings (SSSR count). The molecule has 0 atom stereocenters. The molecule has 0 fully saturated rings. The van der Waals surface area contributed by atoms with Crippen LogP contribution in [-0.2, 0) is 10.0 Å². The second-order valence-corrected chi connectivity index (χ2v) is 7.42. The molecule has 0 saturated carbocycles. The molecular formula is C14H12Cl3NO2S. The third-order valence-corrected chi connectivity index (χ3v) is 5.43. The maximum Gasteiger partial charge on any atom is 0.264 e. The van der Waals surface area contributed by atoms with Gasteiger partial charge in [0, 0.05) is 21.6 Å². The highest BCUT2D eigenvalue weighted by Crippen LogP contribution is 2.29. The number of rotatable bonds is 4. The Morgan fingerprint density at radius 1 is 0.905 bits per heavy atom. The van der Waals surface area contributed by atoms with Crippen LogP contribution in [0.2, 0.25) is 15.1 Å². The first kappa shape index (κ1) is 16.4. The van der Waals surface area contributed by atoms with E-state index in [1.807, 2.05) is 0 Å². The van der Waals surface area contributed by atoms with Gasteiger partial charge >= 0.3 is 0 Å². The van der Waals surface area contributed by atoms with E-state index < -0.39 is 10.0 Å². The molecule has 0 radical (unpaired) electrons. The fourth-order valence-electron chi connectivity index (χ4n) is 1.91. The van der Waals surface area contributed by atoms with Gasteiger partial charge in [-0.1, -0.05) is 34.8 Å². The lowest BCUT2D eigenvalue weighted by Crippen LogP contribution is -2.30. The molecule has 2 aromatic carbocycles. The largest absolute Gasteiger partial charge is 0.267 e. The van der Waals surface area contributed by atoms with Gasteiger partial charge in [-0.2, -0.15) is 0 Å². The average molecular weight is 365 g/mol. The minimum atomic E-state index is -3.70. The molecule has 0 saturated heterocycles. The Morgan fingerprint density at radius 3 is 1.90 bits per heavy atom. The van der Waals surface area contributed by atoms with Crippen LogP contribution < -0.4 is 4.31 Å². The van der Waals surface area contributed by atoms with Crippen molar-refractivity contribution in [3.05, 3.63) is 57.5 Å². The summed E-state index contributed by atoms with van der Waals surface area (Å²) in [6.07, 6.45) is 0. The highest BCUT2D eigenvalue weighted by molar-refractivity contribution is 7.92. The van der Waals surface area contributed by atoms with E-state index in [4.69, 9.17) is 34.8 Å². The molecule has 3 nitrogen and oxygen atoms in total. The predicted molar refractivity (Wildman–Crippen MR) is 88.1 cm³/mol. The van der Waals surface area contributed by atoms with Crippen molar-refractivity contribution in [3.8, 4) is 0 Å². The molecule has 0 bridgehead atoms. The van der Waals surface area contributed by atoms with Crippen LogP contribution in [0, 0.1) is 0 Å². The second kappa shape index (κ2) is 6.44. The third kappa shape index (κ3) is 3.64. The fraction of sp³-hybridized carbons (Fsp3) is 0.143. The summed E-state index contributed by atoms with van der Waals surface area (Å²) in [6, 6.07) is 10.7. The quantitative estimate of drug-likeness (QED) is 0.776. The van der Waals surface area contributed by atoms with Gasteiger partial charge < -0.3 is 0 Å². The molecule has 0 N–H and O–H groups in total. The zero-order chi connectivity index (χ0) is 15.6. The SMILES string of the molecule is CCN(c1cc(Cl)cc(Cl)c1)S(=O)(=O)c1ccc(Cl)cc1. The molecule has 112 valence electrons. The number of halogens is 3. The lowest BCUT2D eigenvalue weighted by atomic mass is 10.3. The van der Waals surface area contributed by atoms with Crippen LogP contribution in [-0.4, -0.2) is 15.0 Å². The number of hydrogen-bond acceptors (Lipinski definition) is 2. The molecule has 0 aliphatic carbocycles. The van der Waals surface area contributed by atoms with E-state index in [9.17, 15) is 8.42 Å². The summed E-state index contributed by atoms with van der Waals surface area (Å²) >= 11 is 17.7. The third-order valence-electron chi connectivity index (χ3n) is 2.82. The molecule has 0 unspecified atom stereocenters. The number of nitrogens with zero attached hydrogens (tertiary/aromatic N) is 1. The van der Waals surface area contributed by atoms with Crippen LogP contribution in [0.1, 0.15) is 6.92 Å². The topological polar surface area (TPSA) is 37.4 Å². The summed E-state index contributed by atoms with van der Waals surface area (Å²) in [5, 5.41) is 1.23. The van der Waals surface area contributed by atoms with Gasteiger partial charge in [0.15, 0.2) is 0 Å². The Morgan fingerprint density at radius 2 is 1.43 bits per heavy atom. The van der Waals surface area contributed by atoms with Gasteiger partial charge in [0.05, 0.1) is 10.6 Å². The molecule has 0 aliphatic rings. The van der Waals surface area contributed by atoms with Crippen LogP contribution in [0.25, 0.3) is 0 Å². The average Bonchev–Trinajstić information content (AvgIpc) is 2.38. The molecule has 0 spiro atoms. The van der Waals surface area contributed by atoms with Crippen LogP contribution in [0.4, 0.5) is 5.69 Å². The lowest BCUT2D eigenvalue weighted by molar-refractivity contribution is 0.592. The Kier molecular flexibility index (Phi) is 5.04. The molecule has 0 heterocycles. The van der Waals surface area contributed by atoms with Crippen molar-refractivity contribution >= 4 is 50.5 Å². The van der Waals surface area contributed by atoms with Crippen molar-refractivity contribution < 1.29 is 8.42 Å². The highest BCUT2D eigenvalue weighted by Gasteiger charge is 2.24. The maximum atomic E-state index is 12.7. The van der Waals surface area contributed by atoms with Gasteiger partial charge in [0.2, 0.25) is 0 Å². The fourth-order valence-corrected chi connectivity index (χ4v) is 4.01. The van der Waals surface area contributed by atoms with Gasteiger partial charge in [-0.3, -0.25) is 4.31 Å². The monoisotopic (exact) mass is 363 g/mol. The highest BCUT2D eigenvalue weighted by atomic mass is 35.5. The summed E-state index contributed by atoms with van der Waals surface area (Å²) in [5.74, 6) is 0. The predicted octanol–water partition coefficient (Wildman–Crippen LogP) is 4.86. The van der Waals surface area contributed by atoms with Gasteiger partial charge in [0.25, 0.3) is 10.0 Å². The summed E-state index contributed by atoms with van der Waals surface area (Å²) in [4.78, 5) is 0.157. The summed E-state index contributed by atoms with van der Waals surface area (Å²) in [7, 11) is -3.70. The maximum absolute atomic E-state index is 12.7. The number of anilines is 1. The first-order valence-corrected chi connectivity index (χ1v) is 8.66. The van der Waals surface area contributed by atoms with E-state index in [1.54, 1.807) is 25.1 Å². The number of hydrogen-bond donors (Lipinski definition) is 0. The molecule has 0 amide bonds. The molecule has 21 heavy (non-hydrogen) atoms. The lowest BCUT2D eigenvalue weighted by Gasteiger charge is -2.23. The Labute approximate surface area is 139 Å². The van der Waals surface area contributed by atoms with Crippen molar-refractivity contribution in [1.82, 2.24) is 0 Å². The summed E-state index contributed by atoms with van der Waals surface area (Å²) in [5.41, 5.74) is 0.421. The Balaban J connectivity index is 2.51. The molecular weight excluding hydrogens is 353 g/mol. The van der Waals surface area contributed by atoms with Crippen LogP contribution in [0.3, 0.4) is 0 Å². The van der Waals surface area contributed by atoms with Crippen molar-refractivity contribution in [2.45, 2.75) is 11.8 Å². The van der Waals surface area contributed by atoms with Gasteiger partial charge in [-0.05, 0) is 49.4 Å². The molecule has 0 aliphatic heterocycles. The van der Waals surface area contributed by atoms with E-state index in [2.05, 4.69) is 0 Å². The van der Waals surface area contributed by atoms with Crippen LogP contribution in [0.15, 0.2) is 47.4 Å². The van der Waals surface area contributed by atoms with Gasteiger partial charge in [0.1, 0.15) is 0 Å². The minimum Gasteiger partial charge on any atom is -0.267 e. The Bertz CT molecular complexity index is 725. The summed E-state index contributed by atoms with van der Waals surface area (Å²) < 4.78 is 26.6. The van der Waals surface area contributed by atoms with Crippen LogP contribution >= 0.6 is 34.8 Å². The van der Waals surface area contributed by atoms with E-state index in [0.29, 0.717) is 20.8 Å². The van der Waals surface area contributed by atoms with Gasteiger partial charge in [-0.25, -0.2) is 8.42 Å². The molecule has 2 aromatic rings. The first-order chi connectivity index (χ1) is 9.84. The van der Waals surface area contributed by atoms with E-state index >= 15 is 0 Å². The Hall–Kier alpha value is -0.940. The zero-order valence-corrected chi connectivity index (χ0v) is 14.1. The molecule has 0 aromatic heterocycles.